The smallest absolute Gasteiger partial charge is 0.275 e. The molecule has 146 valence electrons. The lowest BCUT2D eigenvalue weighted by Crippen LogP contribution is -2.26. The van der Waals surface area contributed by atoms with Crippen molar-refractivity contribution in [1.29, 1.82) is 0 Å². The Morgan fingerprint density at radius 2 is 1.75 bits per heavy atom. The van der Waals surface area contributed by atoms with Crippen molar-refractivity contribution in [2.45, 2.75) is 26.6 Å². The van der Waals surface area contributed by atoms with E-state index in [1.807, 2.05) is 49.4 Å². The van der Waals surface area contributed by atoms with E-state index in [2.05, 4.69) is 22.0 Å². The highest BCUT2D eigenvalue weighted by molar-refractivity contribution is 6.31. The molecule has 1 heterocycles. The van der Waals surface area contributed by atoms with Gasteiger partial charge in [-0.1, -0.05) is 60.1 Å². The quantitative estimate of drug-likeness (QED) is 0.556. The van der Waals surface area contributed by atoms with Gasteiger partial charge in [0.2, 0.25) is 5.89 Å². The number of halogens is 1. The van der Waals surface area contributed by atoms with Gasteiger partial charge in [0.05, 0.1) is 6.54 Å². The number of carbonyl (C=O) groups excluding carboxylic acids is 1. The first kappa shape index (κ1) is 20.1. The Labute approximate surface area is 170 Å². The Morgan fingerprint density at radius 3 is 2.46 bits per heavy atom. The third-order valence-corrected chi connectivity index (χ3v) is 4.92. The maximum atomic E-state index is 12.3. The molecule has 0 aliphatic carbocycles. The SMILES string of the molecule is CCN(C)C(=O)c1coc(CN(Cc2ccccc2)Cc2ccccc2Cl)n1. The standard InChI is InChI=1S/C22H24ClN3O2/c1-3-25(2)22(27)20-16-28-21(24-20)15-26(13-17-9-5-4-6-10-17)14-18-11-7-8-12-19(18)23/h4-12,16H,3,13-15H2,1-2H3. The van der Waals surface area contributed by atoms with Gasteiger partial charge in [-0.25, -0.2) is 4.98 Å². The van der Waals surface area contributed by atoms with E-state index in [4.69, 9.17) is 16.0 Å². The maximum absolute atomic E-state index is 12.3. The van der Waals surface area contributed by atoms with Crippen LogP contribution in [0.5, 0.6) is 0 Å². The fourth-order valence-corrected chi connectivity index (χ4v) is 3.08. The molecular formula is C22H24ClN3O2. The minimum Gasteiger partial charge on any atom is -0.447 e. The van der Waals surface area contributed by atoms with Gasteiger partial charge in [0.25, 0.3) is 5.91 Å². The Morgan fingerprint density at radius 1 is 1.04 bits per heavy atom. The minimum atomic E-state index is -0.141. The van der Waals surface area contributed by atoms with Crippen LogP contribution in [0.3, 0.4) is 0 Å². The van der Waals surface area contributed by atoms with Gasteiger partial charge in [-0.05, 0) is 24.1 Å². The van der Waals surface area contributed by atoms with E-state index >= 15 is 0 Å². The molecule has 5 nitrogen and oxygen atoms in total. The van der Waals surface area contributed by atoms with Crippen molar-refractivity contribution < 1.29 is 9.21 Å². The highest BCUT2D eigenvalue weighted by Gasteiger charge is 2.18. The number of rotatable bonds is 8. The first-order valence-electron chi connectivity index (χ1n) is 9.26. The molecule has 6 heteroatoms. The van der Waals surface area contributed by atoms with Gasteiger partial charge >= 0.3 is 0 Å². The van der Waals surface area contributed by atoms with Crippen LogP contribution in [-0.4, -0.2) is 34.3 Å². The van der Waals surface area contributed by atoms with Gasteiger partial charge in [0.1, 0.15) is 6.26 Å². The van der Waals surface area contributed by atoms with Crippen molar-refractivity contribution in [3.05, 3.63) is 88.6 Å². The van der Waals surface area contributed by atoms with Crippen molar-refractivity contribution in [3.8, 4) is 0 Å². The van der Waals surface area contributed by atoms with E-state index in [0.29, 0.717) is 37.8 Å². The number of aromatic nitrogens is 1. The summed E-state index contributed by atoms with van der Waals surface area (Å²) in [4.78, 5) is 20.5. The molecule has 0 aliphatic heterocycles. The highest BCUT2D eigenvalue weighted by Crippen LogP contribution is 2.20. The topological polar surface area (TPSA) is 49.6 Å². The molecule has 3 rings (SSSR count). The molecule has 1 amide bonds. The largest absolute Gasteiger partial charge is 0.447 e. The molecule has 3 aromatic rings. The maximum Gasteiger partial charge on any atom is 0.275 e. The Hall–Kier alpha value is -2.63. The number of oxazole rings is 1. The average Bonchev–Trinajstić information content (AvgIpc) is 3.17. The molecule has 0 bridgehead atoms. The van der Waals surface area contributed by atoms with Crippen LogP contribution < -0.4 is 0 Å². The number of nitrogens with zero attached hydrogens (tertiary/aromatic N) is 3. The molecule has 0 saturated heterocycles. The molecule has 1 aromatic heterocycles. The van der Waals surface area contributed by atoms with Crippen LogP contribution in [0.2, 0.25) is 5.02 Å². The van der Waals surface area contributed by atoms with Crippen molar-refractivity contribution in [2.75, 3.05) is 13.6 Å². The lowest BCUT2D eigenvalue weighted by atomic mass is 10.1. The molecular weight excluding hydrogens is 374 g/mol. The normalized spacial score (nSPS) is 11.0. The highest BCUT2D eigenvalue weighted by atomic mass is 35.5. The second-order valence-corrected chi connectivity index (χ2v) is 7.08. The second kappa shape index (κ2) is 9.53. The lowest BCUT2D eigenvalue weighted by molar-refractivity contribution is 0.0796. The third kappa shape index (κ3) is 5.21. The molecule has 0 fully saturated rings. The van der Waals surface area contributed by atoms with Crippen molar-refractivity contribution in [3.63, 3.8) is 0 Å². The number of hydrogen-bond acceptors (Lipinski definition) is 4. The van der Waals surface area contributed by atoms with E-state index in [9.17, 15) is 4.79 Å². The lowest BCUT2D eigenvalue weighted by Gasteiger charge is -2.21. The van der Waals surface area contributed by atoms with Gasteiger partial charge in [-0.15, -0.1) is 0 Å². The summed E-state index contributed by atoms with van der Waals surface area (Å²) >= 11 is 6.35. The summed E-state index contributed by atoms with van der Waals surface area (Å²) in [6.45, 7) is 4.38. The molecule has 0 N–H and O–H groups in total. The van der Waals surface area contributed by atoms with Crippen LogP contribution in [0.25, 0.3) is 0 Å². The van der Waals surface area contributed by atoms with Crippen molar-refractivity contribution >= 4 is 17.5 Å². The van der Waals surface area contributed by atoms with Crippen LogP contribution >= 0.6 is 11.6 Å². The van der Waals surface area contributed by atoms with Crippen LogP contribution in [0.1, 0.15) is 34.4 Å². The molecule has 0 aliphatic rings. The van der Waals surface area contributed by atoms with Crippen LogP contribution in [0.15, 0.2) is 65.3 Å². The zero-order valence-electron chi connectivity index (χ0n) is 16.1. The summed E-state index contributed by atoms with van der Waals surface area (Å²) in [5.74, 6) is 0.369. The molecule has 0 saturated carbocycles. The zero-order valence-corrected chi connectivity index (χ0v) is 16.9. The number of carbonyl (C=O) groups is 1. The molecule has 0 spiro atoms. The van der Waals surface area contributed by atoms with Crippen LogP contribution in [-0.2, 0) is 19.6 Å². The predicted molar refractivity (Wildman–Crippen MR) is 110 cm³/mol. The summed E-state index contributed by atoms with van der Waals surface area (Å²) in [6, 6.07) is 18.0. The molecule has 28 heavy (non-hydrogen) atoms. The molecule has 2 aromatic carbocycles. The van der Waals surface area contributed by atoms with Gasteiger partial charge in [0.15, 0.2) is 5.69 Å². The third-order valence-electron chi connectivity index (χ3n) is 4.55. The summed E-state index contributed by atoms with van der Waals surface area (Å²) < 4.78 is 5.58. The average molecular weight is 398 g/mol. The molecule has 0 unspecified atom stereocenters. The summed E-state index contributed by atoms with van der Waals surface area (Å²) in [5.41, 5.74) is 2.55. The van der Waals surface area contributed by atoms with Crippen LogP contribution in [0, 0.1) is 0 Å². The summed E-state index contributed by atoms with van der Waals surface area (Å²) in [6.07, 6.45) is 1.43. The minimum absolute atomic E-state index is 0.141. The first-order chi connectivity index (χ1) is 13.6. The zero-order chi connectivity index (χ0) is 19.9. The van der Waals surface area contributed by atoms with E-state index in [1.165, 1.54) is 11.8 Å². The fourth-order valence-electron chi connectivity index (χ4n) is 2.89. The van der Waals surface area contributed by atoms with E-state index in [1.54, 1.807) is 11.9 Å². The molecule has 0 radical (unpaired) electrons. The molecule has 0 atom stereocenters. The Bertz CT molecular complexity index is 911. The van der Waals surface area contributed by atoms with E-state index in [0.717, 1.165) is 10.6 Å². The monoisotopic (exact) mass is 397 g/mol. The van der Waals surface area contributed by atoms with Gasteiger partial charge in [-0.3, -0.25) is 9.69 Å². The second-order valence-electron chi connectivity index (χ2n) is 6.67. The van der Waals surface area contributed by atoms with Gasteiger partial charge in [0, 0.05) is 31.7 Å². The predicted octanol–water partition coefficient (Wildman–Crippen LogP) is 4.62. The van der Waals surface area contributed by atoms with Crippen molar-refractivity contribution in [2.24, 2.45) is 0 Å². The first-order valence-corrected chi connectivity index (χ1v) is 9.64. The Balaban J connectivity index is 1.78. The number of amides is 1. The van der Waals surface area contributed by atoms with Gasteiger partial charge in [-0.2, -0.15) is 0 Å². The Kier molecular flexibility index (Phi) is 6.85. The summed E-state index contributed by atoms with van der Waals surface area (Å²) in [7, 11) is 1.75. The van der Waals surface area contributed by atoms with Crippen molar-refractivity contribution in [1.82, 2.24) is 14.8 Å². The number of hydrogen-bond donors (Lipinski definition) is 0. The van der Waals surface area contributed by atoms with E-state index in [-0.39, 0.29) is 5.91 Å². The van der Waals surface area contributed by atoms with Gasteiger partial charge < -0.3 is 9.32 Å². The van der Waals surface area contributed by atoms with Crippen LogP contribution in [0.4, 0.5) is 0 Å². The van der Waals surface area contributed by atoms with E-state index < -0.39 is 0 Å². The number of benzene rings is 2. The fraction of sp³-hybridized carbons (Fsp3) is 0.273. The summed E-state index contributed by atoms with van der Waals surface area (Å²) in [5, 5.41) is 0.730.